The minimum Gasteiger partial charge on any atom is -0.324 e. The maximum atomic E-state index is 13.7. The Morgan fingerprint density at radius 3 is 2.43 bits per heavy atom. The Kier molecular flexibility index (Phi) is 4.29. The highest BCUT2D eigenvalue weighted by atomic mass is 16.2. The van der Waals surface area contributed by atoms with Crippen molar-refractivity contribution in [3.8, 4) is 0 Å². The van der Waals surface area contributed by atoms with Crippen molar-refractivity contribution in [1.82, 2.24) is 10.2 Å². The SMILES string of the molecule is CC[C@H](C)[C@H]1N[C@]2(C(=O)Nc3ccccc32)[C@@H]2C(=O)N(Cc3ccccc3)C(=O)[C@H]12. The van der Waals surface area contributed by atoms with Crippen molar-refractivity contribution in [3.63, 3.8) is 0 Å². The number of hydrogen-bond donors (Lipinski definition) is 2. The van der Waals surface area contributed by atoms with E-state index >= 15 is 0 Å². The molecule has 2 saturated heterocycles. The zero-order chi connectivity index (χ0) is 21.0. The molecular weight excluding hydrogens is 378 g/mol. The van der Waals surface area contributed by atoms with Crippen molar-refractivity contribution in [3.05, 3.63) is 65.7 Å². The molecule has 0 unspecified atom stereocenters. The fraction of sp³-hybridized carbons (Fsp3) is 0.375. The Labute approximate surface area is 175 Å². The first kappa shape index (κ1) is 19.0. The van der Waals surface area contributed by atoms with E-state index in [9.17, 15) is 14.4 Å². The highest BCUT2D eigenvalue weighted by molar-refractivity contribution is 6.15. The molecule has 0 aromatic heterocycles. The molecule has 3 aliphatic heterocycles. The normalized spacial score (nSPS) is 30.5. The molecule has 0 bridgehead atoms. The van der Waals surface area contributed by atoms with Gasteiger partial charge in [0.05, 0.1) is 18.4 Å². The van der Waals surface area contributed by atoms with E-state index in [1.165, 1.54) is 4.90 Å². The van der Waals surface area contributed by atoms with Crippen LogP contribution in [0.15, 0.2) is 54.6 Å². The van der Waals surface area contributed by atoms with Gasteiger partial charge in [-0.3, -0.25) is 24.6 Å². The number of benzene rings is 2. The Hall–Kier alpha value is -2.99. The van der Waals surface area contributed by atoms with E-state index in [0.29, 0.717) is 5.69 Å². The third-order valence-corrected chi connectivity index (χ3v) is 7.09. The van der Waals surface area contributed by atoms with Crippen molar-refractivity contribution in [1.29, 1.82) is 0 Å². The van der Waals surface area contributed by atoms with Crippen LogP contribution in [0.2, 0.25) is 0 Å². The number of nitrogens with one attached hydrogen (secondary N) is 2. The van der Waals surface area contributed by atoms with Crippen molar-refractivity contribution >= 4 is 23.4 Å². The van der Waals surface area contributed by atoms with Crippen LogP contribution >= 0.6 is 0 Å². The van der Waals surface area contributed by atoms with E-state index in [1.54, 1.807) is 0 Å². The van der Waals surface area contributed by atoms with Crippen LogP contribution in [0, 0.1) is 17.8 Å². The average Bonchev–Trinajstić information content (AvgIpc) is 3.35. The van der Waals surface area contributed by atoms with E-state index in [2.05, 4.69) is 24.5 Å². The molecule has 2 N–H and O–H groups in total. The van der Waals surface area contributed by atoms with Gasteiger partial charge in [-0.1, -0.05) is 68.8 Å². The second-order valence-corrected chi connectivity index (χ2v) is 8.62. The second-order valence-electron chi connectivity index (χ2n) is 8.62. The van der Waals surface area contributed by atoms with Gasteiger partial charge >= 0.3 is 0 Å². The second kappa shape index (κ2) is 6.77. The minimum atomic E-state index is -1.20. The molecule has 6 heteroatoms. The van der Waals surface area contributed by atoms with Gasteiger partial charge in [0, 0.05) is 17.3 Å². The number of likely N-dealkylation sites (tertiary alicyclic amines) is 1. The van der Waals surface area contributed by atoms with Gasteiger partial charge in [-0.25, -0.2) is 0 Å². The number of imide groups is 1. The van der Waals surface area contributed by atoms with Crippen LogP contribution < -0.4 is 10.6 Å². The van der Waals surface area contributed by atoms with E-state index in [0.717, 1.165) is 17.5 Å². The number of para-hydroxylation sites is 1. The quantitative estimate of drug-likeness (QED) is 0.770. The van der Waals surface area contributed by atoms with Crippen LogP contribution in [0.1, 0.15) is 31.4 Å². The summed E-state index contributed by atoms with van der Waals surface area (Å²) in [6.07, 6.45) is 0.848. The van der Waals surface area contributed by atoms with E-state index in [4.69, 9.17) is 0 Å². The molecule has 5 atom stereocenters. The minimum absolute atomic E-state index is 0.144. The zero-order valence-electron chi connectivity index (χ0n) is 17.1. The van der Waals surface area contributed by atoms with Crippen molar-refractivity contribution in [2.45, 2.75) is 38.4 Å². The first-order chi connectivity index (χ1) is 14.5. The zero-order valence-corrected chi connectivity index (χ0v) is 17.1. The van der Waals surface area contributed by atoms with Gasteiger partial charge in [-0.05, 0) is 17.5 Å². The number of hydrogen-bond acceptors (Lipinski definition) is 4. The number of nitrogens with zero attached hydrogens (tertiary/aromatic N) is 1. The maximum Gasteiger partial charge on any atom is 0.250 e. The van der Waals surface area contributed by atoms with Gasteiger partial charge in [0.25, 0.3) is 0 Å². The lowest BCUT2D eigenvalue weighted by Crippen LogP contribution is -2.54. The van der Waals surface area contributed by atoms with Gasteiger partial charge in [0.1, 0.15) is 5.54 Å². The lowest BCUT2D eigenvalue weighted by atomic mass is 9.75. The lowest BCUT2D eigenvalue weighted by Gasteiger charge is -2.30. The molecule has 6 nitrogen and oxygen atoms in total. The Morgan fingerprint density at radius 2 is 1.70 bits per heavy atom. The summed E-state index contributed by atoms with van der Waals surface area (Å²) in [6, 6.07) is 16.7. The molecule has 1 spiro atoms. The van der Waals surface area contributed by atoms with Crippen LogP contribution in [0.25, 0.3) is 0 Å². The largest absolute Gasteiger partial charge is 0.324 e. The number of amides is 3. The first-order valence-electron chi connectivity index (χ1n) is 10.6. The molecule has 2 aromatic rings. The Morgan fingerprint density at radius 1 is 1.00 bits per heavy atom. The van der Waals surface area contributed by atoms with Gasteiger partial charge < -0.3 is 5.32 Å². The summed E-state index contributed by atoms with van der Waals surface area (Å²) < 4.78 is 0. The fourth-order valence-corrected chi connectivity index (χ4v) is 5.41. The Balaban J connectivity index is 1.62. The van der Waals surface area contributed by atoms with E-state index in [1.807, 2.05) is 54.6 Å². The van der Waals surface area contributed by atoms with Crippen LogP contribution in [0.5, 0.6) is 0 Å². The average molecular weight is 403 g/mol. The number of anilines is 1. The molecule has 3 amide bonds. The number of carbonyl (C=O) groups excluding carboxylic acids is 3. The summed E-state index contributed by atoms with van der Waals surface area (Å²) in [5, 5.41) is 6.43. The smallest absolute Gasteiger partial charge is 0.250 e. The van der Waals surface area contributed by atoms with Crippen molar-refractivity contribution < 1.29 is 14.4 Å². The molecule has 154 valence electrons. The molecule has 3 heterocycles. The lowest BCUT2D eigenvalue weighted by molar-refractivity contribution is -0.143. The standard InChI is InChI=1S/C24H25N3O3/c1-3-14(2)20-18-19(22(29)27(21(18)28)13-15-9-5-4-6-10-15)24(26-20)16-11-7-8-12-17(16)25-23(24)30/h4-12,14,18-20,26H,3,13H2,1-2H3,(H,25,30)/t14-,18-,19-,20+,24-/m0/s1. The highest BCUT2D eigenvalue weighted by Crippen LogP contribution is 2.54. The monoisotopic (exact) mass is 403 g/mol. The van der Waals surface area contributed by atoms with Crippen LogP contribution in [-0.4, -0.2) is 28.7 Å². The summed E-state index contributed by atoms with van der Waals surface area (Å²) in [5.41, 5.74) is 1.17. The Bertz CT molecular complexity index is 1040. The molecule has 2 aromatic carbocycles. The first-order valence-corrected chi connectivity index (χ1v) is 10.6. The molecule has 5 rings (SSSR count). The molecule has 3 aliphatic rings. The molecule has 0 aliphatic carbocycles. The highest BCUT2D eigenvalue weighted by Gasteiger charge is 2.70. The predicted octanol–water partition coefficient (Wildman–Crippen LogP) is 2.65. The third-order valence-electron chi connectivity index (χ3n) is 7.09. The molecular formula is C24H25N3O3. The summed E-state index contributed by atoms with van der Waals surface area (Å²) in [7, 11) is 0. The third kappa shape index (κ3) is 2.43. The van der Waals surface area contributed by atoms with Crippen LogP contribution in [-0.2, 0) is 26.5 Å². The van der Waals surface area contributed by atoms with E-state index in [-0.39, 0.29) is 36.2 Å². The van der Waals surface area contributed by atoms with Gasteiger partial charge in [-0.2, -0.15) is 0 Å². The predicted molar refractivity (Wildman–Crippen MR) is 112 cm³/mol. The summed E-state index contributed by atoms with van der Waals surface area (Å²) in [5.74, 6) is -1.83. The number of fused-ring (bicyclic) bond motifs is 4. The summed E-state index contributed by atoms with van der Waals surface area (Å²) in [4.78, 5) is 41.9. The molecule has 0 saturated carbocycles. The summed E-state index contributed by atoms with van der Waals surface area (Å²) in [6.45, 7) is 4.38. The van der Waals surface area contributed by atoms with Crippen molar-refractivity contribution in [2.75, 3.05) is 5.32 Å². The van der Waals surface area contributed by atoms with Crippen molar-refractivity contribution in [2.24, 2.45) is 17.8 Å². The number of rotatable bonds is 4. The van der Waals surface area contributed by atoms with Gasteiger partial charge in [-0.15, -0.1) is 0 Å². The van der Waals surface area contributed by atoms with Gasteiger partial charge in [0.2, 0.25) is 17.7 Å². The molecule has 2 fully saturated rings. The summed E-state index contributed by atoms with van der Waals surface area (Å²) >= 11 is 0. The van der Waals surface area contributed by atoms with Crippen LogP contribution in [0.4, 0.5) is 5.69 Å². The molecule has 0 radical (unpaired) electrons. The molecule has 30 heavy (non-hydrogen) atoms. The number of carbonyl (C=O) groups is 3. The fourth-order valence-electron chi connectivity index (χ4n) is 5.41. The van der Waals surface area contributed by atoms with Crippen LogP contribution in [0.3, 0.4) is 0 Å². The van der Waals surface area contributed by atoms with E-state index < -0.39 is 17.4 Å². The van der Waals surface area contributed by atoms with Gasteiger partial charge in [0.15, 0.2) is 0 Å². The topological polar surface area (TPSA) is 78.5 Å². The maximum absolute atomic E-state index is 13.7.